The largest absolute Gasteiger partial charge is 0.322 e. The van der Waals surface area contributed by atoms with Gasteiger partial charge in [-0.15, -0.1) is 0 Å². The molecule has 1 heterocycles. The second-order valence-corrected chi connectivity index (χ2v) is 8.91. The van der Waals surface area contributed by atoms with E-state index in [0.29, 0.717) is 25.2 Å². The normalized spacial score (nSPS) is 15.0. The molecule has 0 unspecified atom stereocenters. The van der Waals surface area contributed by atoms with Crippen LogP contribution in [0.4, 0.5) is 5.69 Å². The van der Waals surface area contributed by atoms with Crippen molar-refractivity contribution in [2.24, 2.45) is 0 Å². The number of hydrogen-bond donors (Lipinski definition) is 1. The number of carbonyl (C=O) groups is 1. The molecule has 0 bridgehead atoms. The Labute approximate surface area is 169 Å². The Balaban J connectivity index is 1.82. The Kier molecular flexibility index (Phi) is 6.35. The van der Waals surface area contributed by atoms with Crippen LogP contribution in [0.5, 0.6) is 0 Å². The summed E-state index contributed by atoms with van der Waals surface area (Å²) in [6.45, 7) is 0.925. The van der Waals surface area contributed by atoms with E-state index in [4.69, 9.17) is 16.9 Å². The van der Waals surface area contributed by atoms with Gasteiger partial charge in [0.25, 0.3) is 5.91 Å². The molecule has 2 aromatic rings. The number of benzene rings is 2. The van der Waals surface area contributed by atoms with Crippen LogP contribution in [0, 0.1) is 11.3 Å². The van der Waals surface area contributed by atoms with Crippen molar-refractivity contribution in [2.45, 2.75) is 30.6 Å². The summed E-state index contributed by atoms with van der Waals surface area (Å²) in [7, 11) is -3.74. The summed E-state index contributed by atoms with van der Waals surface area (Å²) < 4.78 is 27.3. The third-order valence-corrected chi connectivity index (χ3v) is 7.00. The Morgan fingerprint density at radius 1 is 1.11 bits per heavy atom. The van der Waals surface area contributed by atoms with Gasteiger partial charge in [0.15, 0.2) is 0 Å². The summed E-state index contributed by atoms with van der Waals surface area (Å²) in [4.78, 5) is 12.5. The fourth-order valence-electron chi connectivity index (χ4n) is 3.09. The van der Waals surface area contributed by atoms with Crippen molar-refractivity contribution in [3.05, 3.63) is 58.6 Å². The highest BCUT2D eigenvalue weighted by molar-refractivity contribution is 7.89. The fraction of sp³-hybridized carbons (Fsp3) is 0.300. The maximum absolute atomic E-state index is 12.9. The minimum absolute atomic E-state index is 0.0481. The number of sulfonamides is 1. The SMILES string of the molecule is N#CCc1ccc(NC(=O)c2ccc(Cl)c(S(=O)(=O)N3CCCCC3)c2)cc1. The van der Waals surface area contributed by atoms with E-state index in [2.05, 4.69) is 11.4 Å². The van der Waals surface area contributed by atoms with Crippen LogP contribution >= 0.6 is 11.6 Å². The first-order valence-electron chi connectivity index (χ1n) is 8.99. The molecule has 0 radical (unpaired) electrons. The van der Waals surface area contributed by atoms with Crippen molar-refractivity contribution in [2.75, 3.05) is 18.4 Å². The molecule has 0 spiro atoms. The molecule has 28 heavy (non-hydrogen) atoms. The molecule has 1 N–H and O–H groups in total. The highest BCUT2D eigenvalue weighted by Crippen LogP contribution is 2.28. The van der Waals surface area contributed by atoms with Gasteiger partial charge in [-0.2, -0.15) is 9.57 Å². The molecule has 0 aromatic heterocycles. The molecule has 1 aliphatic heterocycles. The second-order valence-electron chi connectivity index (χ2n) is 6.60. The maximum Gasteiger partial charge on any atom is 0.255 e. The number of nitrogens with zero attached hydrogens (tertiary/aromatic N) is 2. The topological polar surface area (TPSA) is 90.3 Å². The zero-order valence-electron chi connectivity index (χ0n) is 15.2. The molecular weight excluding hydrogens is 398 g/mol. The van der Waals surface area contributed by atoms with Gasteiger partial charge in [0, 0.05) is 24.3 Å². The predicted octanol–water partition coefficient (Wildman–Crippen LogP) is 3.83. The number of halogens is 1. The minimum atomic E-state index is -3.74. The molecule has 1 amide bonds. The quantitative estimate of drug-likeness (QED) is 0.800. The van der Waals surface area contributed by atoms with Crippen molar-refractivity contribution in [3.8, 4) is 6.07 Å². The van der Waals surface area contributed by atoms with Gasteiger partial charge < -0.3 is 5.32 Å². The van der Waals surface area contributed by atoms with Gasteiger partial charge in [-0.3, -0.25) is 4.79 Å². The molecule has 146 valence electrons. The minimum Gasteiger partial charge on any atom is -0.322 e. The van der Waals surface area contributed by atoms with Crippen LogP contribution in [0.3, 0.4) is 0 Å². The molecule has 2 aromatic carbocycles. The van der Waals surface area contributed by atoms with E-state index in [9.17, 15) is 13.2 Å². The lowest BCUT2D eigenvalue weighted by Crippen LogP contribution is -2.35. The van der Waals surface area contributed by atoms with E-state index in [-0.39, 0.29) is 15.5 Å². The van der Waals surface area contributed by atoms with Crippen molar-refractivity contribution in [3.63, 3.8) is 0 Å². The highest BCUT2D eigenvalue weighted by atomic mass is 35.5. The molecule has 6 nitrogen and oxygen atoms in total. The van der Waals surface area contributed by atoms with E-state index in [0.717, 1.165) is 24.8 Å². The van der Waals surface area contributed by atoms with Crippen molar-refractivity contribution >= 4 is 33.2 Å². The van der Waals surface area contributed by atoms with Gasteiger partial charge in [-0.1, -0.05) is 30.2 Å². The monoisotopic (exact) mass is 417 g/mol. The van der Waals surface area contributed by atoms with Gasteiger partial charge in [-0.25, -0.2) is 8.42 Å². The number of nitrogens with one attached hydrogen (secondary N) is 1. The average molecular weight is 418 g/mol. The Morgan fingerprint density at radius 2 is 1.79 bits per heavy atom. The zero-order chi connectivity index (χ0) is 20.1. The van der Waals surface area contributed by atoms with Crippen molar-refractivity contribution in [1.82, 2.24) is 4.31 Å². The van der Waals surface area contributed by atoms with Crippen molar-refractivity contribution < 1.29 is 13.2 Å². The standard InChI is InChI=1S/C20H20ClN3O3S/c21-18-9-6-16(14-19(18)28(26,27)24-12-2-1-3-13-24)20(25)23-17-7-4-15(5-8-17)10-11-22/h4-9,14H,1-3,10,12-13H2,(H,23,25). The summed E-state index contributed by atoms with van der Waals surface area (Å²) >= 11 is 6.15. The van der Waals surface area contributed by atoms with E-state index < -0.39 is 15.9 Å². The van der Waals surface area contributed by atoms with Gasteiger partial charge in [-0.05, 0) is 48.7 Å². The van der Waals surface area contributed by atoms with Crippen LogP contribution in [-0.2, 0) is 16.4 Å². The summed E-state index contributed by atoms with van der Waals surface area (Å²) in [6, 6.07) is 13.2. The zero-order valence-corrected chi connectivity index (χ0v) is 16.8. The van der Waals surface area contributed by atoms with E-state index >= 15 is 0 Å². The Morgan fingerprint density at radius 3 is 2.43 bits per heavy atom. The number of nitriles is 1. The smallest absolute Gasteiger partial charge is 0.255 e. The lowest BCUT2D eigenvalue weighted by Gasteiger charge is -2.26. The van der Waals surface area contributed by atoms with E-state index in [1.807, 2.05) is 0 Å². The number of amides is 1. The third kappa shape index (κ3) is 4.53. The lowest BCUT2D eigenvalue weighted by molar-refractivity contribution is 0.102. The molecular formula is C20H20ClN3O3S. The van der Waals surface area contributed by atoms with Crippen LogP contribution in [0.15, 0.2) is 47.4 Å². The first-order chi connectivity index (χ1) is 13.4. The van der Waals surface area contributed by atoms with Gasteiger partial charge in [0.2, 0.25) is 10.0 Å². The molecule has 0 aliphatic carbocycles. The van der Waals surface area contributed by atoms with E-state index in [1.54, 1.807) is 24.3 Å². The molecule has 3 rings (SSSR count). The number of piperidine rings is 1. The fourth-order valence-corrected chi connectivity index (χ4v) is 5.10. The molecule has 1 saturated heterocycles. The Bertz CT molecular complexity index is 1010. The number of anilines is 1. The number of rotatable bonds is 5. The number of hydrogen-bond acceptors (Lipinski definition) is 4. The summed E-state index contributed by atoms with van der Waals surface area (Å²) in [5.74, 6) is -0.431. The Hall–Kier alpha value is -2.40. The van der Waals surface area contributed by atoms with Gasteiger partial charge in [0.1, 0.15) is 4.90 Å². The predicted molar refractivity (Wildman–Crippen MR) is 108 cm³/mol. The van der Waals surface area contributed by atoms with Crippen LogP contribution in [-0.4, -0.2) is 31.7 Å². The lowest BCUT2D eigenvalue weighted by atomic mass is 10.1. The van der Waals surface area contributed by atoms with Crippen molar-refractivity contribution in [1.29, 1.82) is 5.26 Å². The first-order valence-corrected chi connectivity index (χ1v) is 10.8. The first kappa shape index (κ1) is 20.3. The molecule has 8 heteroatoms. The highest BCUT2D eigenvalue weighted by Gasteiger charge is 2.28. The van der Waals surface area contributed by atoms with Gasteiger partial charge >= 0.3 is 0 Å². The molecule has 1 aliphatic rings. The van der Waals surface area contributed by atoms with Crippen LogP contribution < -0.4 is 5.32 Å². The number of carbonyl (C=O) groups excluding carboxylic acids is 1. The summed E-state index contributed by atoms with van der Waals surface area (Å²) in [5, 5.41) is 11.5. The summed E-state index contributed by atoms with van der Waals surface area (Å²) in [5.41, 5.74) is 1.62. The van der Waals surface area contributed by atoms with E-state index in [1.165, 1.54) is 22.5 Å². The van der Waals surface area contributed by atoms with Crippen LogP contribution in [0.2, 0.25) is 5.02 Å². The maximum atomic E-state index is 12.9. The van der Waals surface area contributed by atoms with Crippen LogP contribution in [0.1, 0.15) is 35.2 Å². The molecule has 1 fully saturated rings. The third-order valence-electron chi connectivity index (χ3n) is 4.62. The summed E-state index contributed by atoms with van der Waals surface area (Å²) in [6.07, 6.45) is 2.94. The second kappa shape index (κ2) is 8.74. The van der Waals surface area contributed by atoms with Crippen LogP contribution in [0.25, 0.3) is 0 Å². The molecule has 0 atom stereocenters. The van der Waals surface area contributed by atoms with Gasteiger partial charge in [0.05, 0.1) is 17.5 Å². The average Bonchev–Trinajstić information content (AvgIpc) is 2.70. The molecule has 0 saturated carbocycles.